The van der Waals surface area contributed by atoms with Crippen molar-refractivity contribution >= 4 is 29.0 Å². The van der Waals surface area contributed by atoms with E-state index in [2.05, 4.69) is 20.5 Å². The van der Waals surface area contributed by atoms with Gasteiger partial charge >= 0.3 is 0 Å². The van der Waals surface area contributed by atoms with Gasteiger partial charge in [-0.15, -0.1) is 5.10 Å². The molecule has 0 unspecified atom stereocenters. The Balaban J connectivity index is 1.69. The minimum Gasteiger partial charge on any atom is -0.392 e. The molecule has 130 valence electrons. The molecule has 0 bridgehead atoms. The lowest BCUT2D eigenvalue weighted by Gasteiger charge is -2.32. The number of nitriles is 1. The summed E-state index contributed by atoms with van der Waals surface area (Å²) in [5.74, 6) is 0.837. The molecule has 6 N–H and O–H groups in total. The van der Waals surface area contributed by atoms with E-state index in [4.69, 9.17) is 11.5 Å². The topological polar surface area (TPSA) is 176 Å². The van der Waals surface area contributed by atoms with Crippen LogP contribution in [0.4, 0.5) is 29.0 Å². The van der Waals surface area contributed by atoms with Crippen molar-refractivity contribution in [3.05, 3.63) is 27.8 Å². The fourth-order valence-electron chi connectivity index (χ4n) is 2.86. The first-order valence-electron chi connectivity index (χ1n) is 7.66. The van der Waals surface area contributed by atoms with Crippen LogP contribution in [-0.2, 0) is 0 Å². The quantitative estimate of drug-likeness (QED) is 0.355. The molecule has 0 saturated carbocycles. The van der Waals surface area contributed by atoms with Crippen molar-refractivity contribution in [1.29, 1.82) is 5.26 Å². The standard InChI is InChI=1S/C14H17N9O2/c15-7-9-10(1-2-11(12(9)16)23(24)25)18-8-3-5-22(6-4-8)14-19-13(17)20-21-14/h1-2,8,18H,3-6,16H2,(H3,17,19,20,21). The number of nitrogens with zero attached hydrogens (tertiary/aromatic N) is 5. The molecular weight excluding hydrogens is 326 g/mol. The monoisotopic (exact) mass is 343 g/mol. The van der Waals surface area contributed by atoms with Crippen molar-refractivity contribution in [2.24, 2.45) is 0 Å². The van der Waals surface area contributed by atoms with E-state index in [9.17, 15) is 15.4 Å². The highest BCUT2D eigenvalue weighted by molar-refractivity contribution is 5.77. The molecule has 1 fully saturated rings. The van der Waals surface area contributed by atoms with Gasteiger partial charge in [-0.1, -0.05) is 0 Å². The third-order valence-electron chi connectivity index (χ3n) is 4.16. The number of nitrogen functional groups attached to an aromatic ring is 2. The van der Waals surface area contributed by atoms with Gasteiger partial charge in [-0.3, -0.25) is 10.1 Å². The highest BCUT2D eigenvalue weighted by Gasteiger charge is 2.24. The third kappa shape index (κ3) is 3.23. The van der Waals surface area contributed by atoms with Gasteiger partial charge in [0.05, 0.1) is 10.6 Å². The molecule has 1 aliphatic heterocycles. The zero-order chi connectivity index (χ0) is 18.0. The maximum atomic E-state index is 10.9. The summed E-state index contributed by atoms with van der Waals surface area (Å²) in [6, 6.07) is 4.89. The molecule has 0 radical (unpaired) electrons. The first kappa shape index (κ1) is 16.3. The molecule has 11 nitrogen and oxygen atoms in total. The number of benzene rings is 1. The Morgan fingerprint density at radius 2 is 2.12 bits per heavy atom. The van der Waals surface area contributed by atoms with Gasteiger partial charge in [0.1, 0.15) is 17.3 Å². The largest absolute Gasteiger partial charge is 0.392 e. The van der Waals surface area contributed by atoms with Gasteiger partial charge in [-0.25, -0.2) is 5.10 Å². The molecule has 11 heteroatoms. The number of hydrogen-bond donors (Lipinski definition) is 4. The van der Waals surface area contributed by atoms with E-state index < -0.39 is 4.92 Å². The molecule has 2 heterocycles. The lowest BCUT2D eigenvalue weighted by Crippen LogP contribution is -2.39. The number of nitrogens with one attached hydrogen (secondary N) is 2. The van der Waals surface area contributed by atoms with E-state index in [1.807, 2.05) is 11.0 Å². The van der Waals surface area contributed by atoms with Crippen LogP contribution in [-0.4, -0.2) is 39.2 Å². The Hall–Kier alpha value is -3.55. The number of aromatic nitrogens is 3. The fraction of sp³-hybridized carbons (Fsp3) is 0.357. The second-order valence-electron chi connectivity index (χ2n) is 5.72. The number of aromatic amines is 1. The zero-order valence-electron chi connectivity index (χ0n) is 13.3. The molecule has 25 heavy (non-hydrogen) atoms. The molecule has 2 aromatic rings. The van der Waals surface area contributed by atoms with E-state index in [0.29, 0.717) is 11.6 Å². The molecular formula is C14H17N9O2. The molecule has 1 aromatic carbocycles. The van der Waals surface area contributed by atoms with Crippen LogP contribution in [0.1, 0.15) is 18.4 Å². The van der Waals surface area contributed by atoms with E-state index in [-0.39, 0.29) is 28.9 Å². The van der Waals surface area contributed by atoms with Gasteiger partial charge in [0.2, 0.25) is 11.9 Å². The van der Waals surface area contributed by atoms with Crippen LogP contribution in [0.25, 0.3) is 0 Å². The number of nitro benzene ring substituents is 1. The second kappa shape index (κ2) is 6.52. The average Bonchev–Trinajstić information content (AvgIpc) is 3.02. The number of piperidine rings is 1. The van der Waals surface area contributed by atoms with Crippen LogP contribution in [0, 0.1) is 21.4 Å². The van der Waals surface area contributed by atoms with Crippen LogP contribution in [0.3, 0.4) is 0 Å². The third-order valence-corrected chi connectivity index (χ3v) is 4.16. The zero-order valence-corrected chi connectivity index (χ0v) is 13.3. The maximum absolute atomic E-state index is 10.9. The lowest BCUT2D eigenvalue weighted by atomic mass is 10.0. The SMILES string of the molecule is N#Cc1c(NC2CCN(c3n[nH]c(N)n3)CC2)ccc([N+](=O)[O-])c1N. The summed E-state index contributed by atoms with van der Waals surface area (Å²) in [5.41, 5.74) is 11.5. The van der Waals surface area contributed by atoms with Crippen molar-refractivity contribution in [3.63, 3.8) is 0 Å². The smallest absolute Gasteiger partial charge is 0.293 e. The number of hydrogen-bond acceptors (Lipinski definition) is 9. The first-order valence-corrected chi connectivity index (χ1v) is 7.66. The summed E-state index contributed by atoms with van der Waals surface area (Å²) in [6.07, 6.45) is 1.58. The summed E-state index contributed by atoms with van der Waals surface area (Å²) in [7, 11) is 0. The van der Waals surface area contributed by atoms with Crippen molar-refractivity contribution in [3.8, 4) is 6.07 Å². The van der Waals surface area contributed by atoms with Gasteiger partial charge in [-0.2, -0.15) is 10.2 Å². The predicted molar refractivity (Wildman–Crippen MR) is 91.9 cm³/mol. The Morgan fingerprint density at radius 1 is 1.40 bits per heavy atom. The first-order chi connectivity index (χ1) is 12.0. The molecule has 0 atom stereocenters. The molecule has 1 aromatic heterocycles. The van der Waals surface area contributed by atoms with Crippen LogP contribution >= 0.6 is 0 Å². The van der Waals surface area contributed by atoms with Crippen LogP contribution < -0.4 is 21.7 Å². The van der Waals surface area contributed by atoms with Crippen molar-refractivity contribution < 1.29 is 4.92 Å². The Bertz CT molecular complexity index is 833. The number of rotatable bonds is 4. The summed E-state index contributed by atoms with van der Waals surface area (Å²) >= 11 is 0. The average molecular weight is 343 g/mol. The van der Waals surface area contributed by atoms with Crippen molar-refractivity contribution in [2.75, 3.05) is 34.8 Å². The normalized spacial score (nSPS) is 14.9. The summed E-state index contributed by atoms with van der Waals surface area (Å²) in [5, 5.41) is 30.1. The number of nitrogens with two attached hydrogens (primary N) is 2. The minimum atomic E-state index is -0.596. The van der Waals surface area contributed by atoms with Gasteiger partial charge in [0.25, 0.3) is 5.69 Å². The molecule has 0 spiro atoms. The molecule has 0 aliphatic carbocycles. The minimum absolute atomic E-state index is 0.0957. The number of anilines is 4. The highest BCUT2D eigenvalue weighted by atomic mass is 16.6. The van der Waals surface area contributed by atoms with Gasteiger partial charge in [0, 0.05) is 25.2 Å². The molecule has 1 saturated heterocycles. The summed E-state index contributed by atoms with van der Waals surface area (Å²) in [4.78, 5) is 16.5. The maximum Gasteiger partial charge on any atom is 0.293 e. The van der Waals surface area contributed by atoms with Gasteiger partial charge < -0.3 is 21.7 Å². The Morgan fingerprint density at radius 3 is 2.68 bits per heavy atom. The van der Waals surface area contributed by atoms with E-state index >= 15 is 0 Å². The van der Waals surface area contributed by atoms with E-state index in [0.717, 1.165) is 25.9 Å². The molecule has 3 rings (SSSR count). The number of H-pyrrole nitrogens is 1. The molecule has 0 amide bonds. The second-order valence-corrected chi connectivity index (χ2v) is 5.72. The van der Waals surface area contributed by atoms with E-state index in [1.165, 1.54) is 12.1 Å². The van der Waals surface area contributed by atoms with Crippen LogP contribution in [0.15, 0.2) is 12.1 Å². The van der Waals surface area contributed by atoms with Crippen molar-refractivity contribution in [1.82, 2.24) is 15.2 Å². The highest BCUT2D eigenvalue weighted by Crippen LogP contribution is 2.31. The Kier molecular flexibility index (Phi) is 4.25. The van der Waals surface area contributed by atoms with E-state index in [1.54, 1.807) is 0 Å². The van der Waals surface area contributed by atoms with Crippen LogP contribution in [0.5, 0.6) is 0 Å². The van der Waals surface area contributed by atoms with Gasteiger partial charge in [0.15, 0.2) is 0 Å². The Labute approximate surface area is 142 Å². The summed E-state index contributed by atoms with van der Waals surface area (Å²) in [6.45, 7) is 1.44. The summed E-state index contributed by atoms with van der Waals surface area (Å²) < 4.78 is 0. The number of nitro groups is 1. The molecule has 1 aliphatic rings. The predicted octanol–water partition coefficient (Wildman–Crippen LogP) is 0.830. The van der Waals surface area contributed by atoms with Crippen LogP contribution in [0.2, 0.25) is 0 Å². The van der Waals surface area contributed by atoms with Crippen molar-refractivity contribution in [2.45, 2.75) is 18.9 Å². The fourth-order valence-corrected chi connectivity index (χ4v) is 2.86. The van der Waals surface area contributed by atoms with Gasteiger partial charge in [-0.05, 0) is 18.9 Å². The lowest BCUT2D eigenvalue weighted by molar-refractivity contribution is -0.383.